The number of aliphatic hydroxyl groups excluding tert-OH is 8. The highest BCUT2D eigenvalue weighted by Crippen LogP contribution is 2.30. The summed E-state index contributed by atoms with van der Waals surface area (Å²) in [6.07, 6.45) is 49.5. The van der Waals surface area contributed by atoms with Gasteiger partial charge in [0, 0.05) is 6.42 Å². The van der Waals surface area contributed by atoms with E-state index in [0.717, 1.165) is 103 Å². The number of aliphatic hydroxyl groups is 8. The topological polar surface area (TPSA) is 228 Å². The van der Waals surface area contributed by atoms with Crippen molar-refractivity contribution in [2.75, 3.05) is 19.8 Å². The third-order valence-corrected chi connectivity index (χ3v) is 12.6. The molecule has 2 aliphatic heterocycles. The fraction of sp³-hybridized carbons (Fsp3) is 0.623. The van der Waals surface area contributed by atoms with Crippen molar-refractivity contribution in [2.45, 2.75) is 222 Å². The van der Waals surface area contributed by atoms with E-state index in [0.29, 0.717) is 6.42 Å². The Labute approximate surface area is 450 Å². The monoisotopic (exact) mass is 1050 g/mol. The number of carbonyl (C=O) groups is 1. The number of amides is 1. The molecule has 0 aromatic carbocycles. The Morgan fingerprint density at radius 2 is 0.920 bits per heavy atom. The normalized spacial score (nSPS) is 26.1. The SMILES string of the molecule is CC/C=C\C/C=C\C/C=C\C/C=C\C/C=C\C/C=C\C/C=C\C/C=C\C/C=C\C/C=C\CCCCC(=O)NC(COC1OC(CO)C(OC2OC(CO)C(O)C(O)C2O)C(O)C1O)C(O)/C=C/CCCCCCCC. The largest absolute Gasteiger partial charge is 0.394 e. The van der Waals surface area contributed by atoms with E-state index in [4.69, 9.17) is 18.9 Å². The summed E-state index contributed by atoms with van der Waals surface area (Å²) < 4.78 is 22.6. The lowest BCUT2D eigenvalue weighted by Crippen LogP contribution is -2.65. The first-order chi connectivity index (χ1) is 36.6. The van der Waals surface area contributed by atoms with Crippen LogP contribution in [0.15, 0.2) is 134 Å². The molecule has 424 valence electrons. The lowest BCUT2D eigenvalue weighted by molar-refractivity contribution is -0.359. The standard InChI is InChI=1S/C61H97NO13/c1-3-5-7-9-11-13-14-15-16-17-18-19-20-21-22-23-24-25-26-27-28-29-30-31-32-33-34-35-36-37-39-41-43-45-53(66)62-49(50(65)44-42-40-38-12-10-8-6-4-2)48-72-60-58(71)56(69)59(52(47-64)74-60)75-61-57(70)55(68)54(67)51(46-63)73-61/h5,7,11,13,15-16,18-19,21-22,24-25,27-28,30-31,33-34,36-37,42,44,49-52,54-61,63-65,67-71H,3-4,6,8-10,12,14,17,20,23,26,29,32,35,38-41,43,45-48H2,1-2H3,(H,62,66)/b7-5-,13-11-,16-15-,19-18-,22-21-,25-24-,28-27-,31-30-,34-33-,37-36-,44-42+. The van der Waals surface area contributed by atoms with E-state index in [9.17, 15) is 45.6 Å². The van der Waals surface area contributed by atoms with Gasteiger partial charge in [-0.15, -0.1) is 0 Å². The van der Waals surface area contributed by atoms with E-state index >= 15 is 0 Å². The van der Waals surface area contributed by atoms with Gasteiger partial charge < -0.3 is 65.1 Å². The number of carbonyl (C=O) groups excluding carboxylic acids is 1. The molecule has 0 spiro atoms. The molecule has 2 aliphatic rings. The molecule has 2 fully saturated rings. The van der Waals surface area contributed by atoms with Crippen molar-refractivity contribution in [1.29, 1.82) is 0 Å². The highest BCUT2D eigenvalue weighted by molar-refractivity contribution is 5.76. The maximum absolute atomic E-state index is 13.1. The molecule has 2 rings (SSSR count). The van der Waals surface area contributed by atoms with Gasteiger partial charge in [0.15, 0.2) is 12.6 Å². The molecule has 0 radical (unpaired) electrons. The average molecular weight is 1050 g/mol. The fourth-order valence-corrected chi connectivity index (χ4v) is 8.08. The Hall–Kier alpha value is -3.87. The van der Waals surface area contributed by atoms with Crippen molar-refractivity contribution in [3.8, 4) is 0 Å². The van der Waals surface area contributed by atoms with Crippen LogP contribution in [0.4, 0.5) is 0 Å². The van der Waals surface area contributed by atoms with Crippen LogP contribution in [0.5, 0.6) is 0 Å². The zero-order valence-electron chi connectivity index (χ0n) is 45.2. The zero-order chi connectivity index (χ0) is 54.6. The van der Waals surface area contributed by atoms with Crippen LogP contribution in [0.25, 0.3) is 0 Å². The third-order valence-electron chi connectivity index (χ3n) is 12.6. The minimum Gasteiger partial charge on any atom is -0.394 e. The van der Waals surface area contributed by atoms with Crippen molar-refractivity contribution >= 4 is 5.91 Å². The number of ether oxygens (including phenoxy) is 4. The van der Waals surface area contributed by atoms with Crippen molar-refractivity contribution in [3.63, 3.8) is 0 Å². The zero-order valence-corrected chi connectivity index (χ0v) is 45.2. The molecule has 1 amide bonds. The second-order valence-electron chi connectivity index (χ2n) is 19.0. The molecule has 75 heavy (non-hydrogen) atoms. The molecule has 14 heteroatoms. The lowest BCUT2D eigenvalue weighted by atomic mass is 9.97. The predicted octanol–water partition coefficient (Wildman–Crippen LogP) is 8.82. The van der Waals surface area contributed by atoms with E-state index < -0.39 is 86.8 Å². The van der Waals surface area contributed by atoms with Crippen LogP contribution in [-0.2, 0) is 23.7 Å². The molecule has 12 unspecified atom stereocenters. The molecule has 2 saturated heterocycles. The summed E-state index contributed by atoms with van der Waals surface area (Å²) in [6.45, 7) is 2.56. The van der Waals surface area contributed by atoms with E-state index in [1.165, 1.54) is 19.3 Å². The van der Waals surface area contributed by atoms with Gasteiger partial charge in [0.2, 0.25) is 5.91 Å². The highest BCUT2D eigenvalue weighted by Gasteiger charge is 2.51. The van der Waals surface area contributed by atoms with Crippen LogP contribution in [0.3, 0.4) is 0 Å². The first kappa shape index (κ1) is 67.2. The van der Waals surface area contributed by atoms with Crippen LogP contribution in [0, 0.1) is 0 Å². The molecule has 12 atom stereocenters. The number of nitrogens with one attached hydrogen (secondary N) is 1. The predicted molar refractivity (Wildman–Crippen MR) is 299 cm³/mol. The van der Waals surface area contributed by atoms with Crippen LogP contribution >= 0.6 is 0 Å². The lowest BCUT2D eigenvalue weighted by Gasteiger charge is -2.46. The number of unbranched alkanes of at least 4 members (excludes halogenated alkanes) is 8. The molecule has 14 nitrogen and oxygen atoms in total. The molecule has 9 N–H and O–H groups in total. The van der Waals surface area contributed by atoms with Crippen LogP contribution in [0.2, 0.25) is 0 Å². The Bertz CT molecular complexity index is 1760. The summed E-state index contributed by atoms with van der Waals surface area (Å²) in [6, 6.07) is -0.945. The summed E-state index contributed by atoms with van der Waals surface area (Å²) in [5, 5.41) is 86.6. The van der Waals surface area contributed by atoms with Gasteiger partial charge >= 0.3 is 0 Å². The minimum absolute atomic E-state index is 0.216. The maximum atomic E-state index is 13.1. The molecule has 0 saturated carbocycles. The highest BCUT2D eigenvalue weighted by atomic mass is 16.7. The third kappa shape index (κ3) is 31.2. The molecule has 2 heterocycles. The number of hydrogen-bond acceptors (Lipinski definition) is 13. The molecular weight excluding hydrogens is 955 g/mol. The van der Waals surface area contributed by atoms with E-state index in [1.54, 1.807) is 6.08 Å². The van der Waals surface area contributed by atoms with E-state index in [2.05, 4.69) is 141 Å². The van der Waals surface area contributed by atoms with Gasteiger partial charge in [-0.1, -0.05) is 180 Å². The molecule has 0 bridgehead atoms. The van der Waals surface area contributed by atoms with Crippen LogP contribution < -0.4 is 5.32 Å². The Morgan fingerprint density at radius 1 is 0.493 bits per heavy atom. The van der Waals surface area contributed by atoms with Gasteiger partial charge in [-0.2, -0.15) is 0 Å². The first-order valence-corrected chi connectivity index (χ1v) is 27.9. The van der Waals surface area contributed by atoms with Gasteiger partial charge in [-0.05, 0) is 96.3 Å². The minimum atomic E-state index is -1.80. The van der Waals surface area contributed by atoms with Crippen molar-refractivity contribution in [1.82, 2.24) is 5.32 Å². The maximum Gasteiger partial charge on any atom is 0.220 e. The smallest absolute Gasteiger partial charge is 0.220 e. The summed E-state index contributed by atoms with van der Waals surface area (Å²) in [4.78, 5) is 13.1. The number of rotatable bonds is 41. The van der Waals surface area contributed by atoms with Gasteiger partial charge in [0.25, 0.3) is 0 Å². The summed E-state index contributed by atoms with van der Waals surface area (Å²) >= 11 is 0. The Morgan fingerprint density at radius 3 is 1.41 bits per heavy atom. The van der Waals surface area contributed by atoms with Crippen LogP contribution in [-0.4, -0.2) is 140 Å². The van der Waals surface area contributed by atoms with Crippen molar-refractivity contribution < 1.29 is 64.6 Å². The molecule has 0 aliphatic carbocycles. The summed E-state index contributed by atoms with van der Waals surface area (Å²) in [7, 11) is 0. The second-order valence-corrected chi connectivity index (χ2v) is 19.0. The van der Waals surface area contributed by atoms with Crippen molar-refractivity contribution in [3.05, 3.63) is 134 Å². The van der Waals surface area contributed by atoms with Gasteiger partial charge in [-0.25, -0.2) is 0 Å². The summed E-state index contributed by atoms with van der Waals surface area (Å²) in [5.74, 6) is -0.293. The van der Waals surface area contributed by atoms with Gasteiger partial charge in [0.1, 0.15) is 48.8 Å². The summed E-state index contributed by atoms with van der Waals surface area (Å²) in [5.41, 5.74) is 0. The number of allylic oxidation sites excluding steroid dienone is 21. The van der Waals surface area contributed by atoms with Crippen molar-refractivity contribution in [2.24, 2.45) is 0 Å². The number of hydrogen-bond donors (Lipinski definition) is 9. The quantitative estimate of drug-likeness (QED) is 0.0206. The molecule has 0 aromatic heterocycles. The average Bonchev–Trinajstić information content (AvgIpc) is 3.41. The van der Waals surface area contributed by atoms with Crippen LogP contribution in [0.1, 0.15) is 149 Å². The van der Waals surface area contributed by atoms with Gasteiger partial charge in [0.05, 0.1) is 32.0 Å². The Kier molecular flexibility index (Phi) is 40.5. The fourth-order valence-electron chi connectivity index (χ4n) is 8.08. The first-order valence-electron chi connectivity index (χ1n) is 27.9. The van der Waals surface area contributed by atoms with E-state index in [1.807, 2.05) is 6.08 Å². The Balaban J connectivity index is 1.70. The van der Waals surface area contributed by atoms with Gasteiger partial charge in [-0.3, -0.25) is 4.79 Å². The molecular formula is C61H97NO13. The second kappa shape index (κ2) is 45.2. The molecule has 0 aromatic rings. The van der Waals surface area contributed by atoms with E-state index in [-0.39, 0.29) is 18.9 Å².